The molecule has 0 aliphatic rings. The van der Waals surface area contributed by atoms with Crippen molar-refractivity contribution >= 4 is 23.4 Å². The number of nitrogens with one attached hydrogen (secondary N) is 2. The molecule has 0 unspecified atom stereocenters. The van der Waals surface area contributed by atoms with Gasteiger partial charge in [-0.3, -0.25) is 14.3 Å². The van der Waals surface area contributed by atoms with Gasteiger partial charge in [0, 0.05) is 41.6 Å². The molecular formula is C20H19ClN4O2. The van der Waals surface area contributed by atoms with Crippen LogP contribution in [0, 0.1) is 0 Å². The average Bonchev–Trinajstić information content (AvgIpc) is 3.19. The number of halogens is 1. The lowest BCUT2D eigenvalue weighted by atomic mass is 10.1. The van der Waals surface area contributed by atoms with Crippen LogP contribution in [0.2, 0.25) is 5.02 Å². The van der Waals surface area contributed by atoms with Crippen molar-refractivity contribution in [2.75, 3.05) is 13.1 Å². The van der Waals surface area contributed by atoms with E-state index in [1.807, 2.05) is 29.1 Å². The number of rotatable bonds is 7. The highest BCUT2D eigenvalue weighted by Crippen LogP contribution is 2.09. The van der Waals surface area contributed by atoms with E-state index < -0.39 is 0 Å². The molecule has 6 nitrogen and oxygen atoms in total. The van der Waals surface area contributed by atoms with Crippen molar-refractivity contribution in [3.63, 3.8) is 0 Å². The molecule has 2 amide bonds. The fourth-order valence-electron chi connectivity index (χ4n) is 2.50. The van der Waals surface area contributed by atoms with Gasteiger partial charge in [-0.05, 0) is 48.0 Å². The molecule has 0 aliphatic heterocycles. The molecule has 3 rings (SSSR count). The van der Waals surface area contributed by atoms with Gasteiger partial charge in [0.2, 0.25) is 0 Å². The fraction of sp³-hybridized carbons (Fsp3) is 0.150. The average molecular weight is 383 g/mol. The molecule has 0 radical (unpaired) electrons. The number of nitrogens with zero attached hydrogens (tertiary/aromatic N) is 2. The Bertz CT molecular complexity index is 891. The second-order valence-corrected chi connectivity index (χ2v) is 6.36. The minimum absolute atomic E-state index is 0.179. The number of hydrogen-bond donors (Lipinski definition) is 2. The Balaban J connectivity index is 1.42. The maximum Gasteiger partial charge on any atom is 0.251 e. The lowest BCUT2D eigenvalue weighted by molar-refractivity contribution is 0.0927. The van der Waals surface area contributed by atoms with Gasteiger partial charge in [-0.25, -0.2) is 0 Å². The number of benzene rings is 2. The minimum Gasteiger partial charge on any atom is -0.350 e. The van der Waals surface area contributed by atoms with Crippen LogP contribution in [0.1, 0.15) is 26.3 Å². The summed E-state index contributed by atoms with van der Waals surface area (Å²) >= 11 is 5.80. The summed E-state index contributed by atoms with van der Waals surface area (Å²) in [6.45, 7) is 1.34. The SMILES string of the molecule is O=C(NCCNC(=O)c1ccc(Cn2cccn2)cc1)c1ccc(Cl)cc1. The maximum atomic E-state index is 12.2. The molecule has 0 saturated heterocycles. The second-order valence-electron chi connectivity index (χ2n) is 5.92. The molecule has 1 heterocycles. The monoisotopic (exact) mass is 382 g/mol. The molecule has 0 saturated carbocycles. The molecule has 0 atom stereocenters. The molecule has 0 bridgehead atoms. The van der Waals surface area contributed by atoms with Crippen LogP contribution in [0.25, 0.3) is 0 Å². The van der Waals surface area contributed by atoms with E-state index in [2.05, 4.69) is 15.7 Å². The first-order valence-electron chi connectivity index (χ1n) is 8.50. The highest BCUT2D eigenvalue weighted by Gasteiger charge is 2.07. The summed E-state index contributed by atoms with van der Waals surface area (Å²) in [5, 5.41) is 10.3. The molecular weight excluding hydrogens is 364 g/mol. The number of carbonyl (C=O) groups excluding carboxylic acids is 2. The van der Waals surface area contributed by atoms with Crippen molar-refractivity contribution in [1.29, 1.82) is 0 Å². The quantitative estimate of drug-likeness (QED) is 0.617. The van der Waals surface area contributed by atoms with E-state index in [-0.39, 0.29) is 11.8 Å². The molecule has 1 aromatic heterocycles. The summed E-state index contributed by atoms with van der Waals surface area (Å²) < 4.78 is 1.82. The third-order valence-corrected chi connectivity index (χ3v) is 4.17. The van der Waals surface area contributed by atoms with Gasteiger partial charge in [0.05, 0.1) is 6.54 Å². The molecule has 2 N–H and O–H groups in total. The third-order valence-electron chi connectivity index (χ3n) is 3.92. The number of carbonyl (C=O) groups is 2. The van der Waals surface area contributed by atoms with Gasteiger partial charge in [-0.2, -0.15) is 5.10 Å². The Labute approximate surface area is 162 Å². The first kappa shape index (κ1) is 18.7. The van der Waals surface area contributed by atoms with Crippen LogP contribution in [0.5, 0.6) is 0 Å². The maximum absolute atomic E-state index is 12.2. The van der Waals surface area contributed by atoms with Crippen molar-refractivity contribution in [2.24, 2.45) is 0 Å². The van der Waals surface area contributed by atoms with Crippen LogP contribution in [0.4, 0.5) is 0 Å². The summed E-state index contributed by atoms with van der Waals surface area (Å²) in [5.41, 5.74) is 2.16. The van der Waals surface area contributed by atoms with E-state index in [4.69, 9.17) is 11.6 Å². The first-order chi connectivity index (χ1) is 13.1. The van der Waals surface area contributed by atoms with Crippen LogP contribution in [-0.2, 0) is 6.54 Å². The lowest BCUT2D eigenvalue weighted by Gasteiger charge is -2.08. The minimum atomic E-state index is -0.205. The lowest BCUT2D eigenvalue weighted by Crippen LogP contribution is -2.34. The second kappa shape index (κ2) is 9.00. The third kappa shape index (κ3) is 5.43. The molecule has 0 fully saturated rings. The van der Waals surface area contributed by atoms with Gasteiger partial charge >= 0.3 is 0 Å². The van der Waals surface area contributed by atoms with Gasteiger partial charge in [-0.1, -0.05) is 23.7 Å². The Hall–Kier alpha value is -3.12. The fourth-order valence-corrected chi connectivity index (χ4v) is 2.63. The predicted molar refractivity (Wildman–Crippen MR) is 104 cm³/mol. The summed E-state index contributed by atoms with van der Waals surface area (Å²) in [6, 6.07) is 15.9. The number of hydrogen-bond acceptors (Lipinski definition) is 3. The highest BCUT2D eigenvalue weighted by atomic mass is 35.5. The van der Waals surface area contributed by atoms with Gasteiger partial charge in [0.15, 0.2) is 0 Å². The van der Waals surface area contributed by atoms with E-state index in [0.717, 1.165) is 5.56 Å². The van der Waals surface area contributed by atoms with Gasteiger partial charge in [0.25, 0.3) is 11.8 Å². The van der Waals surface area contributed by atoms with Crippen molar-refractivity contribution in [3.05, 3.63) is 88.7 Å². The zero-order valence-electron chi connectivity index (χ0n) is 14.6. The molecule has 0 spiro atoms. The summed E-state index contributed by atoms with van der Waals surface area (Å²) in [4.78, 5) is 24.1. The van der Waals surface area contributed by atoms with E-state index >= 15 is 0 Å². The topological polar surface area (TPSA) is 76.0 Å². The first-order valence-corrected chi connectivity index (χ1v) is 8.88. The molecule has 27 heavy (non-hydrogen) atoms. The van der Waals surface area contributed by atoms with E-state index in [0.29, 0.717) is 35.8 Å². The van der Waals surface area contributed by atoms with Crippen molar-refractivity contribution in [3.8, 4) is 0 Å². The van der Waals surface area contributed by atoms with Crippen LogP contribution in [0.15, 0.2) is 67.0 Å². The highest BCUT2D eigenvalue weighted by molar-refractivity contribution is 6.30. The van der Waals surface area contributed by atoms with E-state index in [9.17, 15) is 9.59 Å². The molecule has 7 heteroatoms. The molecule has 2 aromatic carbocycles. The predicted octanol–water partition coefficient (Wildman–Crippen LogP) is 2.74. The normalized spacial score (nSPS) is 10.4. The Morgan fingerprint density at radius 1 is 0.889 bits per heavy atom. The van der Waals surface area contributed by atoms with Gasteiger partial charge in [-0.15, -0.1) is 0 Å². The van der Waals surface area contributed by atoms with Gasteiger partial charge < -0.3 is 10.6 Å². The van der Waals surface area contributed by atoms with Crippen LogP contribution >= 0.6 is 11.6 Å². The van der Waals surface area contributed by atoms with Crippen molar-refractivity contribution in [2.45, 2.75) is 6.54 Å². The van der Waals surface area contributed by atoms with E-state index in [1.54, 1.807) is 42.6 Å². The molecule has 0 aliphatic carbocycles. The smallest absolute Gasteiger partial charge is 0.251 e. The van der Waals surface area contributed by atoms with E-state index in [1.165, 1.54) is 0 Å². The molecule has 138 valence electrons. The molecule has 3 aromatic rings. The van der Waals surface area contributed by atoms with Crippen molar-refractivity contribution in [1.82, 2.24) is 20.4 Å². The van der Waals surface area contributed by atoms with Crippen LogP contribution in [0.3, 0.4) is 0 Å². The zero-order chi connectivity index (χ0) is 19.1. The van der Waals surface area contributed by atoms with Crippen LogP contribution in [-0.4, -0.2) is 34.7 Å². The largest absolute Gasteiger partial charge is 0.350 e. The van der Waals surface area contributed by atoms with Crippen molar-refractivity contribution < 1.29 is 9.59 Å². The number of aromatic nitrogens is 2. The number of amides is 2. The van der Waals surface area contributed by atoms with Gasteiger partial charge in [0.1, 0.15) is 0 Å². The summed E-state index contributed by atoms with van der Waals surface area (Å²) in [6.07, 6.45) is 3.62. The zero-order valence-corrected chi connectivity index (χ0v) is 15.3. The summed E-state index contributed by atoms with van der Waals surface area (Å²) in [5.74, 6) is -0.384. The standard InChI is InChI=1S/C20H19ClN4O2/c21-18-8-6-17(7-9-18)20(27)23-12-11-22-19(26)16-4-2-15(3-5-16)14-25-13-1-10-24-25/h1-10,13H,11-12,14H2,(H,22,26)(H,23,27). The Kier molecular flexibility index (Phi) is 6.22. The summed E-state index contributed by atoms with van der Waals surface area (Å²) in [7, 11) is 0. The Morgan fingerprint density at radius 2 is 1.44 bits per heavy atom. The van der Waals surface area contributed by atoms with Crippen LogP contribution < -0.4 is 10.6 Å². The Morgan fingerprint density at radius 3 is 1.96 bits per heavy atom.